The Morgan fingerprint density at radius 1 is 1.06 bits per heavy atom. The highest BCUT2D eigenvalue weighted by Gasteiger charge is 2.19. The van der Waals surface area contributed by atoms with Gasteiger partial charge in [0, 0.05) is 5.56 Å². The minimum absolute atomic E-state index is 0.0629. The molecule has 9 nitrogen and oxygen atoms in total. The van der Waals surface area contributed by atoms with Crippen LogP contribution in [0.3, 0.4) is 0 Å². The standard InChI is InChI=1S/C36H34FIN4O5/c1-6-46-31-15-22(4)26(18-25(31)21(2)3)35-41-29-13-9-7-11-24(29)36(44)42(35)39-19-23-16-28(38)34(32(17-23)45-5)47-20-33(43)40-30-14-10-8-12-27(30)37/h7-19,21H,6,20H2,1-5H3,(H,40,43). The highest BCUT2D eigenvalue weighted by molar-refractivity contribution is 14.1. The van der Waals surface area contributed by atoms with E-state index >= 15 is 0 Å². The Hall–Kier alpha value is -4.78. The van der Waals surface area contributed by atoms with Gasteiger partial charge in [-0.05, 0) is 108 Å². The predicted octanol–water partition coefficient (Wildman–Crippen LogP) is 7.55. The molecule has 0 unspecified atom stereocenters. The van der Waals surface area contributed by atoms with Crippen LogP contribution in [-0.2, 0) is 4.79 Å². The number of hydrogen-bond donors (Lipinski definition) is 1. The van der Waals surface area contributed by atoms with Gasteiger partial charge in [0.15, 0.2) is 23.9 Å². The number of aryl methyl sites for hydroxylation is 1. The van der Waals surface area contributed by atoms with E-state index in [0.29, 0.717) is 44.0 Å². The lowest BCUT2D eigenvalue weighted by atomic mass is 9.96. The maximum Gasteiger partial charge on any atom is 0.282 e. The average molecular weight is 749 g/mol. The number of methoxy groups -OCH3 is 1. The molecular weight excluding hydrogens is 714 g/mol. The first-order valence-electron chi connectivity index (χ1n) is 15.0. The van der Waals surface area contributed by atoms with Crippen molar-refractivity contribution in [1.29, 1.82) is 0 Å². The van der Waals surface area contributed by atoms with Crippen LogP contribution in [0.2, 0.25) is 0 Å². The number of benzene rings is 4. The molecule has 4 aromatic carbocycles. The van der Waals surface area contributed by atoms with Crippen molar-refractivity contribution >= 4 is 51.3 Å². The molecule has 0 bridgehead atoms. The molecule has 0 radical (unpaired) electrons. The number of carbonyl (C=O) groups is 1. The summed E-state index contributed by atoms with van der Waals surface area (Å²) in [6.45, 7) is 8.26. The third-order valence-corrected chi connectivity index (χ3v) is 8.14. The van der Waals surface area contributed by atoms with Crippen LogP contribution < -0.4 is 25.1 Å². The van der Waals surface area contributed by atoms with E-state index < -0.39 is 11.7 Å². The fraction of sp³-hybridized carbons (Fsp3) is 0.222. The largest absolute Gasteiger partial charge is 0.494 e. The van der Waals surface area contributed by atoms with Crippen LogP contribution >= 0.6 is 22.6 Å². The Labute approximate surface area is 285 Å². The van der Waals surface area contributed by atoms with Crippen molar-refractivity contribution in [2.45, 2.75) is 33.6 Å². The summed E-state index contributed by atoms with van der Waals surface area (Å²) >= 11 is 2.07. The number of ether oxygens (including phenoxy) is 3. The summed E-state index contributed by atoms with van der Waals surface area (Å²) in [5, 5.41) is 7.57. The van der Waals surface area contributed by atoms with E-state index in [1.807, 2.05) is 38.1 Å². The molecule has 0 aliphatic heterocycles. The van der Waals surface area contributed by atoms with Crippen LogP contribution in [0.5, 0.6) is 17.2 Å². The Bertz CT molecular complexity index is 2040. The first-order chi connectivity index (χ1) is 22.6. The number of carbonyl (C=O) groups excluding carboxylic acids is 1. The van der Waals surface area contributed by atoms with Crippen LogP contribution in [-0.4, -0.2) is 42.1 Å². The normalized spacial score (nSPS) is 11.3. The zero-order chi connectivity index (χ0) is 33.7. The van der Waals surface area contributed by atoms with Gasteiger partial charge in [0.1, 0.15) is 11.6 Å². The quantitative estimate of drug-likeness (QED) is 0.111. The molecule has 0 saturated heterocycles. The van der Waals surface area contributed by atoms with Crippen LogP contribution in [0.1, 0.15) is 43.4 Å². The van der Waals surface area contributed by atoms with Crippen molar-refractivity contribution in [3.8, 4) is 28.6 Å². The molecule has 1 aromatic heterocycles. The van der Waals surface area contributed by atoms with Crippen molar-refractivity contribution in [3.63, 3.8) is 0 Å². The summed E-state index contributed by atoms with van der Waals surface area (Å²) in [5.41, 5.74) is 3.59. The van der Waals surface area contributed by atoms with Crippen molar-refractivity contribution in [2.75, 3.05) is 25.6 Å². The maximum atomic E-state index is 14.0. The third-order valence-electron chi connectivity index (χ3n) is 7.34. The number of halogens is 2. The molecule has 0 aliphatic rings. The third kappa shape index (κ3) is 7.46. The predicted molar refractivity (Wildman–Crippen MR) is 191 cm³/mol. The van der Waals surface area contributed by atoms with Gasteiger partial charge >= 0.3 is 0 Å². The van der Waals surface area contributed by atoms with E-state index in [0.717, 1.165) is 22.4 Å². The molecule has 0 atom stereocenters. The molecule has 5 aromatic rings. The lowest BCUT2D eigenvalue weighted by Crippen LogP contribution is -2.21. The van der Waals surface area contributed by atoms with Crippen LogP contribution in [0.4, 0.5) is 10.1 Å². The lowest BCUT2D eigenvalue weighted by Gasteiger charge is -2.18. The van der Waals surface area contributed by atoms with E-state index in [1.54, 1.807) is 36.5 Å². The zero-order valence-corrected chi connectivity index (χ0v) is 28.8. The van der Waals surface area contributed by atoms with E-state index in [9.17, 15) is 14.0 Å². The number of nitrogens with zero attached hydrogens (tertiary/aromatic N) is 3. The highest BCUT2D eigenvalue weighted by Crippen LogP contribution is 2.35. The Morgan fingerprint density at radius 2 is 1.81 bits per heavy atom. The number of anilines is 1. The van der Waals surface area contributed by atoms with Gasteiger partial charge in [-0.3, -0.25) is 9.59 Å². The van der Waals surface area contributed by atoms with Gasteiger partial charge in [-0.1, -0.05) is 38.1 Å². The van der Waals surface area contributed by atoms with Gasteiger partial charge in [0.05, 0.1) is 40.1 Å². The molecular formula is C36H34FIN4O5. The molecule has 0 saturated carbocycles. The van der Waals surface area contributed by atoms with Gasteiger partial charge < -0.3 is 19.5 Å². The molecule has 47 heavy (non-hydrogen) atoms. The van der Waals surface area contributed by atoms with Crippen LogP contribution in [0, 0.1) is 16.3 Å². The monoisotopic (exact) mass is 748 g/mol. The molecule has 0 aliphatic carbocycles. The lowest BCUT2D eigenvalue weighted by molar-refractivity contribution is -0.118. The number of para-hydroxylation sites is 2. The minimum Gasteiger partial charge on any atom is -0.494 e. The Balaban J connectivity index is 1.51. The molecule has 5 rings (SSSR count). The Kier molecular flexibility index (Phi) is 10.5. The van der Waals surface area contributed by atoms with Gasteiger partial charge in [0.2, 0.25) is 0 Å². The zero-order valence-electron chi connectivity index (χ0n) is 26.6. The van der Waals surface area contributed by atoms with Gasteiger partial charge in [-0.25, -0.2) is 9.37 Å². The fourth-order valence-electron chi connectivity index (χ4n) is 5.04. The van der Waals surface area contributed by atoms with E-state index in [-0.39, 0.29) is 23.8 Å². The number of aromatic nitrogens is 2. The summed E-state index contributed by atoms with van der Waals surface area (Å²) in [4.78, 5) is 31.2. The molecule has 1 amide bonds. The topological polar surface area (TPSA) is 104 Å². The minimum atomic E-state index is -0.543. The second-order valence-corrected chi connectivity index (χ2v) is 12.1. The van der Waals surface area contributed by atoms with Gasteiger partial charge in [0.25, 0.3) is 11.5 Å². The number of rotatable bonds is 11. The molecule has 1 heterocycles. The second kappa shape index (κ2) is 14.8. The SMILES string of the molecule is CCOc1cc(C)c(-c2nc3ccccc3c(=O)n2N=Cc2cc(I)c(OCC(=O)Nc3ccccc3F)c(OC)c2)cc1C(C)C. The van der Waals surface area contributed by atoms with Crippen molar-refractivity contribution in [1.82, 2.24) is 9.66 Å². The van der Waals surface area contributed by atoms with Gasteiger partial charge in [-0.2, -0.15) is 9.78 Å². The van der Waals surface area contributed by atoms with E-state index in [1.165, 1.54) is 30.0 Å². The molecule has 11 heteroatoms. The summed E-state index contributed by atoms with van der Waals surface area (Å²) in [7, 11) is 1.48. The average Bonchev–Trinajstić information content (AvgIpc) is 3.04. The first kappa shape index (κ1) is 33.6. The van der Waals surface area contributed by atoms with Crippen LogP contribution in [0.15, 0.2) is 82.7 Å². The van der Waals surface area contributed by atoms with E-state index in [4.69, 9.17) is 19.2 Å². The first-order valence-corrected chi connectivity index (χ1v) is 16.1. The Morgan fingerprint density at radius 3 is 2.53 bits per heavy atom. The number of amides is 1. The smallest absolute Gasteiger partial charge is 0.282 e. The molecule has 0 fully saturated rings. The molecule has 1 N–H and O–H groups in total. The summed E-state index contributed by atoms with van der Waals surface area (Å²) in [6.07, 6.45) is 1.55. The van der Waals surface area contributed by atoms with Gasteiger partial charge in [-0.15, -0.1) is 0 Å². The molecule has 0 spiro atoms. The summed E-state index contributed by atoms with van der Waals surface area (Å²) < 4.78 is 33.2. The summed E-state index contributed by atoms with van der Waals surface area (Å²) in [5.74, 6) is 0.986. The van der Waals surface area contributed by atoms with Crippen LogP contribution in [0.25, 0.3) is 22.3 Å². The second-order valence-electron chi connectivity index (χ2n) is 11.0. The van der Waals surface area contributed by atoms with Crippen molar-refractivity contribution < 1.29 is 23.4 Å². The van der Waals surface area contributed by atoms with E-state index in [2.05, 4.69) is 46.9 Å². The van der Waals surface area contributed by atoms with Crippen molar-refractivity contribution in [3.05, 3.63) is 109 Å². The maximum absolute atomic E-state index is 14.0. The summed E-state index contributed by atoms with van der Waals surface area (Å²) in [6, 6.07) is 20.5. The highest BCUT2D eigenvalue weighted by atomic mass is 127. The number of nitrogens with one attached hydrogen (secondary N) is 1. The number of fused-ring (bicyclic) bond motifs is 1. The van der Waals surface area contributed by atoms with Crippen molar-refractivity contribution in [2.24, 2.45) is 5.10 Å². The molecule has 242 valence electrons. The fourth-order valence-corrected chi connectivity index (χ4v) is 5.82. The number of hydrogen-bond acceptors (Lipinski definition) is 7.